The fraction of sp³-hybridized carbons (Fsp3) is 0.125. The summed E-state index contributed by atoms with van der Waals surface area (Å²) >= 11 is 5.03. The third kappa shape index (κ3) is 1.44. The second-order valence-corrected chi connectivity index (χ2v) is 4.90. The summed E-state index contributed by atoms with van der Waals surface area (Å²) in [5.41, 5.74) is 0.912. The first kappa shape index (κ1) is 8.01. The number of rotatable bonds is 1. The average molecular weight is 244 g/mol. The largest absolute Gasteiger partial charge is 0.355 e. The van der Waals surface area contributed by atoms with E-state index in [0.717, 1.165) is 20.1 Å². The quantitative estimate of drug-likeness (QED) is 0.767. The van der Waals surface area contributed by atoms with Crippen molar-refractivity contribution in [3.8, 4) is 10.6 Å². The van der Waals surface area contributed by atoms with Gasteiger partial charge in [-0.15, -0.1) is 11.3 Å². The molecule has 62 valence electrons. The van der Waals surface area contributed by atoms with Crippen LogP contribution in [0, 0.1) is 6.92 Å². The van der Waals surface area contributed by atoms with E-state index in [-0.39, 0.29) is 0 Å². The topological polar surface area (TPSA) is 26.0 Å². The van der Waals surface area contributed by atoms with Gasteiger partial charge in [0, 0.05) is 6.07 Å². The minimum Gasteiger partial charge on any atom is -0.355 e. The number of thiophene rings is 1. The normalized spacial score (nSPS) is 10.5. The molecule has 0 saturated carbocycles. The van der Waals surface area contributed by atoms with Crippen LogP contribution in [0.3, 0.4) is 0 Å². The van der Waals surface area contributed by atoms with Gasteiger partial charge in [0.15, 0.2) is 5.76 Å². The third-order valence-corrected chi connectivity index (χ3v) is 3.08. The molecule has 0 atom stereocenters. The monoisotopic (exact) mass is 243 g/mol. The lowest BCUT2D eigenvalue weighted by Crippen LogP contribution is -1.60. The molecule has 2 aromatic rings. The Kier molecular flexibility index (Phi) is 2.02. The van der Waals surface area contributed by atoms with Crippen molar-refractivity contribution in [2.75, 3.05) is 0 Å². The van der Waals surface area contributed by atoms with Crippen molar-refractivity contribution in [2.45, 2.75) is 6.92 Å². The molecule has 0 aliphatic carbocycles. The van der Waals surface area contributed by atoms with Crippen LogP contribution < -0.4 is 0 Å². The van der Waals surface area contributed by atoms with Crippen molar-refractivity contribution in [3.05, 3.63) is 27.7 Å². The van der Waals surface area contributed by atoms with E-state index in [1.165, 1.54) is 0 Å². The summed E-state index contributed by atoms with van der Waals surface area (Å²) < 4.78 is 6.21. The van der Waals surface area contributed by atoms with Gasteiger partial charge in [0.2, 0.25) is 0 Å². The second kappa shape index (κ2) is 3.03. The maximum absolute atomic E-state index is 5.10. The Morgan fingerprint density at radius 1 is 1.50 bits per heavy atom. The summed E-state index contributed by atoms with van der Waals surface area (Å²) in [4.78, 5) is 1.10. The highest BCUT2D eigenvalue weighted by Crippen LogP contribution is 2.31. The highest BCUT2D eigenvalue weighted by molar-refractivity contribution is 9.11. The van der Waals surface area contributed by atoms with Gasteiger partial charge in [-0.3, -0.25) is 0 Å². The number of nitrogens with zero attached hydrogens (tertiary/aromatic N) is 1. The number of aryl methyl sites for hydroxylation is 1. The Hall–Kier alpha value is -0.610. The SMILES string of the molecule is Cc1cc(-c2ccc(Br)s2)on1. The van der Waals surface area contributed by atoms with Crippen LogP contribution in [-0.2, 0) is 0 Å². The Labute approximate surface area is 82.3 Å². The first-order valence-corrected chi connectivity index (χ1v) is 5.06. The predicted octanol–water partition coefficient (Wildman–Crippen LogP) is 3.47. The first-order chi connectivity index (χ1) is 5.75. The predicted molar refractivity (Wildman–Crippen MR) is 52.3 cm³/mol. The van der Waals surface area contributed by atoms with Crippen molar-refractivity contribution < 1.29 is 4.52 Å². The van der Waals surface area contributed by atoms with E-state index >= 15 is 0 Å². The van der Waals surface area contributed by atoms with E-state index in [9.17, 15) is 0 Å². The third-order valence-electron chi connectivity index (χ3n) is 1.44. The van der Waals surface area contributed by atoms with Crippen LogP contribution in [0.25, 0.3) is 10.6 Å². The van der Waals surface area contributed by atoms with Crippen LogP contribution in [0.4, 0.5) is 0 Å². The van der Waals surface area contributed by atoms with Crippen LogP contribution in [0.5, 0.6) is 0 Å². The van der Waals surface area contributed by atoms with E-state index in [0.29, 0.717) is 0 Å². The van der Waals surface area contributed by atoms with Crippen molar-refractivity contribution in [3.63, 3.8) is 0 Å². The fourth-order valence-electron chi connectivity index (χ4n) is 0.926. The Morgan fingerprint density at radius 3 is 2.83 bits per heavy atom. The van der Waals surface area contributed by atoms with Crippen molar-refractivity contribution in [2.24, 2.45) is 0 Å². The molecular formula is C8H6BrNOS. The van der Waals surface area contributed by atoms with Crippen molar-refractivity contribution in [1.82, 2.24) is 5.16 Å². The average Bonchev–Trinajstić information content (AvgIpc) is 2.58. The fourth-order valence-corrected chi connectivity index (χ4v) is 2.26. The highest BCUT2D eigenvalue weighted by Gasteiger charge is 2.05. The van der Waals surface area contributed by atoms with Gasteiger partial charge in [-0.05, 0) is 35.0 Å². The Morgan fingerprint density at radius 2 is 2.33 bits per heavy atom. The molecule has 0 aromatic carbocycles. The standard InChI is InChI=1S/C8H6BrNOS/c1-5-4-6(11-10-5)7-2-3-8(9)12-7/h2-4H,1H3. The minimum atomic E-state index is 0.836. The zero-order valence-corrected chi connectivity index (χ0v) is 8.78. The Balaban J connectivity index is 2.43. The molecule has 12 heavy (non-hydrogen) atoms. The lowest BCUT2D eigenvalue weighted by Gasteiger charge is -1.83. The van der Waals surface area contributed by atoms with Gasteiger partial charge in [0.1, 0.15) is 0 Å². The molecule has 0 aliphatic rings. The summed E-state index contributed by atoms with van der Waals surface area (Å²) in [6.45, 7) is 1.91. The number of halogens is 1. The van der Waals surface area contributed by atoms with Gasteiger partial charge in [-0.1, -0.05) is 5.16 Å². The smallest absolute Gasteiger partial charge is 0.177 e. The molecule has 2 rings (SSSR count). The Bertz CT molecular complexity index is 355. The molecule has 2 nitrogen and oxygen atoms in total. The van der Waals surface area contributed by atoms with Gasteiger partial charge in [0.05, 0.1) is 14.4 Å². The molecule has 0 bridgehead atoms. The lowest BCUT2D eigenvalue weighted by molar-refractivity contribution is 0.428. The molecule has 0 unspecified atom stereocenters. The van der Waals surface area contributed by atoms with Crippen LogP contribution in [0.1, 0.15) is 5.69 Å². The molecule has 4 heteroatoms. The summed E-state index contributed by atoms with van der Waals surface area (Å²) in [5.74, 6) is 0.836. The molecule has 0 radical (unpaired) electrons. The summed E-state index contributed by atoms with van der Waals surface area (Å²) in [7, 11) is 0. The van der Waals surface area contributed by atoms with E-state index in [4.69, 9.17) is 4.52 Å². The number of hydrogen-bond acceptors (Lipinski definition) is 3. The molecule has 0 fully saturated rings. The molecule has 0 saturated heterocycles. The zero-order valence-electron chi connectivity index (χ0n) is 6.37. The number of aromatic nitrogens is 1. The lowest BCUT2D eigenvalue weighted by atomic mass is 10.3. The summed E-state index contributed by atoms with van der Waals surface area (Å²) in [6.07, 6.45) is 0. The molecule has 2 aromatic heterocycles. The van der Waals surface area contributed by atoms with Crippen molar-refractivity contribution in [1.29, 1.82) is 0 Å². The first-order valence-electron chi connectivity index (χ1n) is 3.45. The number of hydrogen-bond donors (Lipinski definition) is 0. The van der Waals surface area contributed by atoms with Gasteiger partial charge < -0.3 is 4.52 Å². The van der Waals surface area contributed by atoms with Crippen LogP contribution in [-0.4, -0.2) is 5.16 Å². The summed E-state index contributed by atoms with van der Waals surface area (Å²) in [5, 5.41) is 3.82. The van der Waals surface area contributed by atoms with Gasteiger partial charge in [-0.2, -0.15) is 0 Å². The molecule has 0 amide bonds. The molecule has 0 spiro atoms. The van der Waals surface area contributed by atoms with Crippen LogP contribution >= 0.6 is 27.3 Å². The van der Waals surface area contributed by atoms with E-state index in [2.05, 4.69) is 21.1 Å². The second-order valence-electron chi connectivity index (χ2n) is 2.44. The molecule has 2 heterocycles. The molecule has 0 N–H and O–H groups in total. The van der Waals surface area contributed by atoms with Crippen molar-refractivity contribution >= 4 is 27.3 Å². The molecular weight excluding hydrogens is 238 g/mol. The maximum atomic E-state index is 5.10. The van der Waals surface area contributed by atoms with Gasteiger partial charge >= 0.3 is 0 Å². The zero-order chi connectivity index (χ0) is 8.55. The van der Waals surface area contributed by atoms with E-state index < -0.39 is 0 Å². The molecule has 0 aliphatic heterocycles. The van der Waals surface area contributed by atoms with Crippen LogP contribution in [0.2, 0.25) is 0 Å². The van der Waals surface area contributed by atoms with Gasteiger partial charge in [0.25, 0.3) is 0 Å². The van der Waals surface area contributed by atoms with Crippen LogP contribution in [0.15, 0.2) is 26.5 Å². The minimum absolute atomic E-state index is 0.836. The maximum Gasteiger partial charge on any atom is 0.177 e. The van der Waals surface area contributed by atoms with E-state index in [1.54, 1.807) is 11.3 Å². The van der Waals surface area contributed by atoms with E-state index in [1.807, 2.05) is 25.1 Å². The summed E-state index contributed by atoms with van der Waals surface area (Å²) in [6, 6.07) is 5.94. The van der Waals surface area contributed by atoms with Gasteiger partial charge in [-0.25, -0.2) is 0 Å². The highest BCUT2D eigenvalue weighted by atomic mass is 79.9.